The first-order valence-electron chi connectivity index (χ1n) is 6.06. The summed E-state index contributed by atoms with van der Waals surface area (Å²) < 4.78 is 5.32. The number of hydrogen-bond acceptors (Lipinski definition) is 5. The monoisotopic (exact) mass is 295 g/mol. The predicted octanol–water partition coefficient (Wildman–Crippen LogP) is 1.59. The van der Waals surface area contributed by atoms with Crippen molar-refractivity contribution in [2.45, 2.75) is 0 Å². The summed E-state index contributed by atoms with van der Waals surface area (Å²) in [6, 6.07) is 4.92. The summed E-state index contributed by atoms with van der Waals surface area (Å²) in [6.07, 6.45) is 1.47. The van der Waals surface area contributed by atoms with Gasteiger partial charge in [-0.2, -0.15) is 0 Å². The summed E-state index contributed by atoms with van der Waals surface area (Å²) in [7, 11) is 0. The lowest BCUT2D eigenvalue weighted by Crippen LogP contribution is -2.36. The smallest absolute Gasteiger partial charge is 0.335 e. The van der Waals surface area contributed by atoms with Gasteiger partial charge in [-0.25, -0.2) is 14.8 Å². The van der Waals surface area contributed by atoms with Crippen LogP contribution in [0.4, 0.5) is 5.82 Å². The molecule has 1 aliphatic rings. The van der Waals surface area contributed by atoms with Gasteiger partial charge in [-0.05, 0) is 18.2 Å². The number of ether oxygens (including phenoxy) is 1. The molecule has 0 radical (unpaired) electrons. The molecule has 0 amide bonds. The van der Waals surface area contributed by atoms with Gasteiger partial charge in [-0.3, -0.25) is 0 Å². The number of carboxylic acids is 1. The maximum absolute atomic E-state index is 11.0. The molecule has 7 heteroatoms. The molecule has 20 heavy (non-hydrogen) atoms. The maximum Gasteiger partial charge on any atom is 0.335 e. The van der Waals surface area contributed by atoms with E-state index in [1.807, 2.05) is 0 Å². The van der Waals surface area contributed by atoms with Gasteiger partial charge in [0.1, 0.15) is 12.1 Å². The second kappa shape index (κ2) is 6.02. The maximum atomic E-state index is 11.0. The van der Waals surface area contributed by atoms with Crippen molar-refractivity contribution in [1.29, 1.82) is 0 Å². The first-order chi connectivity index (χ1) is 9.25. The third-order valence-corrected chi connectivity index (χ3v) is 3.17. The Hall–Kier alpha value is -1.92. The van der Waals surface area contributed by atoms with Crippen molar-refractivity contribution in [3.8, 4) is 0 Å². The highest BCUT2D eigenvalue weighted by molar-refractivity contribution is 5.96. The van der Waals surface area contributed by atoms with Crippen molar-refractivity contribution in [2.75, 3.05) is 31.2 Å². The van der Waals surface area contributed by atoms with Crippen molar-refractivity contribution in [2.24, 2.45) is 0 Å². The van der Waals surface area contributed by atoms with Gasteiger partial charge < -0.3 is 14.7 Å². The molecule has 106 valence electrons. The molecule has 1 N–H and O–H groups in total. The molecule has 1 aromatic carbocycles. The van der Waals surface area contributed by atoms with Crippen molar-refractivity contribution in [3.63, 3.8) is 0 Å². The quantitative estimate of drug-likeness (QED) is 0.907. The number of aromatic nitrogens is 2. The van der Waals surface area contributed by atoms with E-state index in [1.165, 1.54) is 6.33 Å². The number of benzene rings is 1. The minimum Gasteiger partial charge on any atom is -0.478 e. The van der Waals surface area contributed by atoms with Crippen LogP contribution in [0.1, 0.15) is 10.4 Å². The van der Waals surface area contributed by atoms with Gasteiger partial charge in [-0.15, -0.1) is 12.4 Å². The standard InChI is InChI=1S/C13H13N3O3.ClH/c17-13(18)9-1-2-10-11(7-9)14-8-15-12(10)16-3-5-19-6-4-16;/h1-2,7-8H,3-6H2,(H,17,18);1H. The van der Waals surface area contributed by atoms with E-state index in [-0.39, 0.29) is 18.0 Å². The largest absolute Gasteiger partial charge is 0.478 e. The van der Waals surface area contributed by atoms with Crippen molar-refractivity contribution in [3.05, 3.63) is 30.1 Å². The summed E-state index contributed by atoms with van der Waals surface area (Å²) >= 11 is 0. The van der Waals surface area contributed by atoms with E-state index < -0.39 is 5.97 Å². The molecule has 0 spiro atoms. The van der Waals surface area contributed by atoms with Crippen LogP contribution in [0.25, 0.3) is 10.9 Å². The zero-order chi connectivity index (χ0) is 13.2. The summed E-state index contributed by atoms with van der Waals surface area (Å²) in [4.78, 5) is 21.6. The predicted molar refractivity (Wildman–Crippen MR) is 76.8 cm³/mol. The number of rotatable bonds is 2. The second-order valence-electron chi connectivity index (χ2n) is 4.33. The molecular weight excluding hydrogens is 282 g/mol. The number of aromatic carboxylic acids is 1. The number of carboxylic acid groups (broad SMARTS) is 1. The molecule has 1 saturated heterocycles. The Morgan fingerprint density at radius 2 is 2.00 bits per heavy atom. The van der Waals surface area contributed by atoms with Gasteiger partial charge in [0.2, 0.25) is 0 Å². The Kier molecular flexibility index (Phi) is 4.36. The molecule has 0 aliphatic carbocycles. The molecule has 2 aromatic rings. The third-order valence-electron chi connectivity index (χ3n) is 3.17. The number of anilines is 1. The fourth-order valence-electron chi connectivity index (χ4n) is 2.20. The van der Waals surface area contributed by atoms with Crippen LogP contribution in [0, 0.1) is 0 Å². The number of fused-ring (bicyclic) bond motifs is 1. The van der Waals surface area contributed by atoms with Gasteiger partial charge in [-0.1, -0.05) is 0 Å². The average molecular weight is 296 g/mol. The fraction of sp³-hybridized carbons (Fsp3) is 0.308. The van der Waals surface area contributed by atoms with Crippen LogP contribution in [0.2, 0.25) is 0 Å². The van der Waals surface area contributed by atoms with Crippen molar-refractivity contribution < 1.29 is 14.6 Å². The van der Waals surface area contributed by atoms with Crippen LogP contribution in [0.3, 0.4) is 0 Å². The highest BCUT2D eigenvalue weighted by atomic mass is 35.5. The molecule has 0 saturated carbocycles. The number of morpholine rings is 1. The fourth-order valence-corrected chi connectivity index (χ4v) is 2.20. The highest BCUT2D eigenvalue weighted by Crippen LogP contribution is 2.24. The molecule has 1 fully saturated rings. The lowest BCUT2D eigenvalue weighted by Gasteiger charge is -2.28. The highest BCUT2D eigenvalue weighted by Gasteiger charge is 2.16. The van der Waals surface area contributed by atoms with Gasteiger partial charge in [0.05, 0.1) is 24.3 Å². The first kappa shape index (κ1) is 14.5. The van der Waals surface area contributed by atoms with Crippen LogP contribution in [0.15, 0.2) is 24.5 Å². The SMILES string of the molecule is Cl.O=C(O)c1ccc2c(N3CCOCC3)ncnc2c1. The summed E-state index contributed by atoms with van der Waals surface area (Å²) in [5.41, 5.74) is 0.885. The molecule has 3 rings (SSSR count). The summed E-state index contributed by atoms with van der Waals surface area (Å²) in [5, 5.41) is 9.86. The van der Waals surface area contributed by atoms with Crippen LogP contribution >= 0.6 is 12.4 Å². The molecule has 1 aromatic heterocycles. The van der Waals surface area contributed by atoms with Crippen molar-refractivity contribution >= 4 is 35.1 Å². The number of carbonyl (C=O) groups is 1. The van der Waals surface area contributed by atoms with E-state index in [2.05, 4.69) is 14.9 Å². The molecule has 6 nitrogen and oxygen atoms in total. The van der Waals surface area contributed by atoms with E-state index >= 15 is 0 Å². The molecular formula is C13H14ClN3O3. The summed E-state index contributed by atoms with van der Waals surface area (Å²) in [6.45, 7) is 2.93. The van der Waals surface area contributed by atoms with E-state index in [0.29, 0.717) is 18.7 Å². The zero-order valence-electron chi connectivity index (χ0n) is 10.7. The van der Waals surface area contributed by atoms with Crippen molar-refractivity contribution in [1.82, 2.24) is 9.97 Å². The van der Waals surface area contributed by atoms with Gasteiger partial charge in [0, 0.05) is 18.5 Å². The Morgan fingerprint density at radius 1 is 1.25 bits per heavy atom. The second-order valence-corrected chi connectivity index (χ2v) is 4.33. The average Bonchev–Trinajstić information content (AvgIpc) is 2.47. The topological polar surface area (TPSA) is 75.5 Å². The number of hydrogen-bond donors (Lipinski definition) is 1. The minimum atomic E-state index is -0.951. The van der Waals surface area contributed by atoms with E-state index in [1.54, 1.807) is 18.2 Å². The van der Waals surface area contributed by atoms with Gasteiger partial charge in [0.25, 0.3) is 0 Å². The molecule has 0 atom stereocenters. The van der Waals surface area contributed by atoms with E-state index in [0.717, 1.165) is 24.3 Å². The van der Waals surface area contributed by atoms with Crippen LogP contribution in [-0.2, 0) is 4.74 Å². The Bertz CT molecular complexity index is 629. The van der Waals surface area contributed by atoms with E-state index in [9.17, 15) is 4.79 Å². The lowest BCUT2D eigenvalue weighted by molar-refractivity contribution is 0.0697. The Morgan fingerprint density at radius 3 is 2.70 bits per heavy atom. The van der Waals surface area contributed by atoms with E-state index in [4.69, 9.17) is 9.84 Å². The normalized spacial score (nSPS) is 14.9. The lowest BCUT2D eigenvalue weighted by atomic mass is 10.1. The molecule has 2 heterocycles. The minimum absolute atomic E-state index is 0. The molecule has 1 aliphatic heterocycles. The molecule has 0 bridgehead atoms. The van der Waals surface area contributed by atoms with Gasteiger partial charge >= 0.3 is 5.97 Å². The number of halogens is 1. The van der Waals surface area contributed by atoms with Crippen LogP contribution < -0.4 is 4.90 Å². The zero-order valence-corrected chi connectivity index (χ0v) is 11.5. The third kappa shape index (κ3) is 2.66. The van der Waals surface area contributed by atoms with Crippen LogP contribution in [0.5, 0.6) is 0 Å². The summed E-state index contributed by atoms with van der Waals surface area (Å²) in [5.74, 6) is -0.112. The first-order valence-corrected chi connectivity index (χ1v) is 6.06. The van der Waals surface area contributed by atoms with Crippen LogP contribution in [-0.4, -0.2) is 47.3 Å². The Labute approximate surface area is 121 Å². The molecule has 0 unspecified atom stereocenters. The van der Waals surface area contributed by atoms with Gasteiger partial charge in [0.15, 0.2) is 0 Å². The Balaban J connectivity index is 0.00000147. The number of nitrogens with zero attached hydrogens (tertiary/aromatic N) is 3.